The summed E-state index contributed by atoms with van der Waals surface area (Å²) in [6.45, 7) is 3.30. The van der Waals surface area contributed by atoms with Gasteiger partial charge < -0.3 is 10.0 Å². The second-order valence-corrected chi connectivity index (χ2v) is 5.13. The van der Waals surface area contributed by atoms with Gasteiger partial charge in [-0.3, -0.25) is 4.79 Å². The van der Waals surface area contributed by atoms with E-state index in [9.17, 15) is 4.79 Å². The first kappa shape index (κ1) is 16.3. The van der Waals surface area contributed by atoms with Gasteiger partial charge in [-0.1, -0.05) is 29.3 Å². The molecular formula is C14H19Cl2NO2. The molecule has 0 fully saturated rings. The molecule has 0 radical (unpaired) electrons. The summed E-state index contributed by atoms with van der Waals surface area (Å²) in [4.78, 5) is 13.8. The van der Waals surface area contributed by atoms with Gasteiger partial charge in [0.05, 0.1) is 0 Å². The van der Waals surface area contributed by atoms with E-state index in [0.717, 1.165) is 5.56 Å². The summed E-state index contributed by atoms with van der Waals surface area (Å²) in [5.41, 5.74) is 0.928. The van der Waals surface area contributed by atoms with Gasteiger partial charge in [0.25, 0.3) is 0 Å². The van der Waals surface area contributed by atoms with Crippen molar-refractivity contribution in [1.82, 2.24) is 4.90 Å². The maximum Gasteiger partial charge on any atom is 0.222 e. The highest BCUT2D eigenvalue weighted by Gasteiger charge is 2.12. The highest BCUT2D eigenvalue weighted by Crippen LogP contribution is 2.22. The molecule has 0 aliphatic carbocycles. The molecule has 0 aliphatic heterocycles. The Morgan fingerprint density at radius 3 is 2.68 bits per heavy atom. The summed E-state index contributed by atoms with van der Waals surface area (Å²) >= 11 is 11.9. The number of carbonyl (C=O) groups is 1. The Hall–Kier alpha value is -0.770. The molecule has 1 rings (SSSR count). The van der Waals surface area contributed by atoms with E-state index in [4.69, 9.17) is 28.3 Å². The molecule has 0 atom stereocenters. The summed E-state index contributed by atoms with van der Waals surface area (Å²) in [6.07, 6.45) is 1.63. The molecule has 106 valence electrons. The van der Waals surface area contributed by atoms with Gasteiger partial charge in [-0.2, -0.15) is 0 Å². The Balaban J connectivity index is 2.52. The van der Waals surface area contributed by atoms with Crippen molar-refractivity contribution in [1.29, 1.82) is 0 Å². The third-order valence-electron chi connectivity index (χ3n) is 2.94. The summed E-state index contributed by atoms with van der Waals surface area (Å²) < 4.78 is 0. The van der Waals surface area contributed by atoms with Crippen LogP contribution in [0.1, 0.15) is 25.3 Å². The highest BCUT2D eigenvalue weighted by molar-refractivity contribution is 6.35. The van der Waals surface area contributed by atoms with Gasteiger partial charge in [-0.25, -0.2) is 0 Å². The van der Waals surface area contributed by atoms with Crippen LogP contribution in [0, 0.1) is 0 Å². The molecule has 0 aliphatic rings. The Bertz CT molecular complexity index is 424. The maximum atomic E-state index is 12.0. The molecule has 0 saturated heterocycles. The van der Waals surface area contributed by atoms with Crippen molar-refractivity contribution in [2.75, 3.05) is 19.7 Å². The molecule has 1 aromatic rings. The molecule has 5 heteroatoms. The van der Waals surface area contributed by atoms with E-state index < -0.39 is 0 Å². The Kier molecular flexibility index (Phi) is 7.21. The Morgan fingerprint density at radius 2 is 2.11 bits per heavy atom. The van der Waals surface area contributed by atoms with E-state index in [2.05, 4.69) is 0 Å². The zero-order chi connectivity index (χ0) is 14.3. The molecule has 0 spiro atoms. The minimum atomic E-state index is 0.0852. The molecule has 3 nitrogen and oxygen atoms in total. The highest BCUT2D eigenvalue weighted by atomic mass is 35.5. The smallest absolute Gasteiger partial charge is 0.222 e. The van der Waals surface area contributed by atoms with Crippen LogP contribution in [0.3, 0.4) is 0 Å². The lowest BCUT2D eigenvalue weighted by Crippen LogP contribution is -2.32. The van der Waals surface area contributed by atoms with Crippen LogP contribution in [-0.4, -0.2) is 35.6 Å². The molecule has 1 amide bonds. The van der Waals surface area contributed by atoms with E-state index in [1.54, 1.807) is 17.0 Å². The molecule has 0 unspecified atom stereocenters. The number of amides is 1. The van der Waals surface area contributed by atoms with Gasteiger partial charge >= 0.3 is 0 Å². The summed E-state index contributed by atoms with van der Waals surface area (Å²) in [5, 5.41) is 9.99. The minimum Gasteiger partial charge on any atom is -0.396 e. The molecule has 0 aromatic heterocycles. The number of carbonyl (C=O) groups excluding carboxylic acids is 1. The Morgan fingerprint density at radius 1 is 1.37 bits per heavy atom. The number of rotatable bonds is 7. The number of benzene rings is 1. The topological polar surface area (TPSA) is 40.5 Å². The van der Waals surface area contributed by atoms with Gasteiger partial charge in [0.15, 0.2) is 0 Å². The third-order valence-corrected chi connectivity index (χ3v) is 3.53. The number of aliphatic hydroxyl groups is 1. The largest absolute Gasteiger partial charge is 0.396 e. The SMILES string of the molecule is CCN(CCCO)C(=O)CCc1ccc(Cl)cc1Cl. The number of hydrogen-bond acceptors (Lipinski definition) is 2. The van der Waals surface area contributed by atoms with E-state index in [-0.39, 0.29) is 12.5 Å². The zero-order valence-electron chi connectivity index (χ0n) is 11.0. The number of aliphatic hydroxyl groups excluding tert-OH is 1. The lowest BCUT2D eigenvalue weighted by molar-refractivity contribution is -0.131. The van der Waals surface area contributed by atoms with Gasteiger partial charge in [-0.15, -0.1) is 0 Å². The first-order chi connectivity index (χ1) is 9.08. The molecule has 1 aromatic carbocycles. The van der Waals surface area contributed by atoms with E-state index in [1.165, 1.54) is 0 Å². The van der Waals surface area contributed by atoms with Crippen molar-refractivity contribution in [2.45, 2.75) is 26.2 Å². The van der Waals surface area contributed by atoms with E-state index in [1.807, 2.05) is 13.0 Å². The standard InChI is InChI=1S/C14H19Cl2NO2/c1-2-17(8-3-9-18)14(19)7-5-11-4-6-12(15)10-13(11)16/h4,6,10,18H,2-3,5,7-9H2,1H3. The molecular weight excluding hydrogens is 285 g/mol. The van der Waals surface area contributed by atoms with E-state index in [0.29, 0.717) is 42.4 Å². The normalized spacial score (nSPS) is 10.5. The zero-order valence-corrected chi connectivity index (χ0v) is 12.5. The quantitative estimate of drug-likeness (QED) is 0.840. The maximum absolute atomic E-state index is 12.0. The number of halogens is 2. The fourth-order valence-electron chi connectivity index (χ4n) is 1.84. The van der Waals surface area contributed by atoms with Crippen molar-refractivity contribution in [3.8, 4) is 0 Å². The molecule has 0 bridgehead atoms. The second-order valence-electron chi connectivity index (χ2n) is 4.29. The fourth-order valence-corrected chi connectivity index (χ4v) is 2.35. The van der Waals surface area contributed by atoms with Crippen LogP contribution in [-0.2, 0) is 11.2 Å². The summed E-state index contributed by atoms with van der Waals surface area (Å²) in [5.74, 6) is 0.0852. The van der Waals surface area contributed by atoms with Gasteiger partial charge in [0.1, 0.15) is 0 Å². The number of nitrogens with zero attached hydrogens (tertiary/aromatic N) is 1. The van der Waals surface area contributed by atoms with Crippen LogP contribution in [0.15, 0.2) is 18.2 Å². The van der Waals surface area contributed by atoms with Gasteiger partial charge in [0, 0.05) is 36.2 Å². The molecule has 0 heterocycles. The number of hydrogen-bond donors (Lipinski definition) is 1. The Labute approximate surface area is 124 Å². The molecule has 1 N–H and O–H groups in total. The van der Waals surface area contributed by atoms with Crippen molar-refractivity contribution < 1.29 is 9.90 Å². The van der Waals surface area contributed by atoms with Crippen LogP contribution in [0.4, 0.5) is 0 Å². The van der Waals surface area contributed by atoms with Gasteiger partial charge in [0.2, 0.25) is 5.91 Å². The van der Waals surface area contributed by atoms with Crippen molar-refractivity contribution in [2.24, 2.45) is 0 Å². The lowest BCUT2D eigenvalue weighted by atomic mass is 10.1. The third kappa shape index (κ3) is 5.39. The fraction of sp³-hybridized carbons (Fsp3) is 0.500. The first-order valence-electron chi connectivity index (χ1n) is 6.41. The predicted octanol–water partition coefficient (Wildman–Crippen LogP) is 3.16. The first-order valence-corrected chi connectivity index (χ1v) is 7.16. The average molecular weight is 304 g/mol. The number of aryl methyl sites for hydroxylation is 1. The van der Waals surface area contributed by atoms with Crippen LogP contribution >= 0.6 is 23.2 Å². The molecule has 0 saturated carbocycles. The lowest BCUT2D eigenvalue weighted by Gasteiger charge is -2.20. The van der Waals surface area contributed by atoms with Crippen molar-refractivity contribution in [3.05, 3.63) is 33.8 Å². The van der Waals surface area contributed by atoms with Crippen molar-refractivity contribution >= 4 is 29.1 Å². The monoisotopic (exact) mass is 303 g/mol. The van der Waals surface area contributed by atoms with Gasteiger partial charge in [-0.05, 0) is 37.5 Å². The van der Waals surface area contributed by atoms with Crippen LogP contribution in [0.25, 0.3) is 0 Å². The average Bonchev–Trinajstić information content (AvgIpc) is 2.38. The summed E-state index contributed by atoms with van der Waals surface area (Å²) in [7, 11) is 0. The minimum absolute atomic E-state index is 0.0852. The van der Waals surface area contributed by atoms with Crippen LogP contribution in [0.5, 0.6) is 0 Å². The van der Waals surface area contributed by atoms with Crippen LogP contribution < -0.4 is 0 Å². The summed E-state index contributed by atoms with van der Waals surface area (Å²) in [6, 6.07) is 5.31. The van der Waals surface area contributed by atoms with Crippen molar-refractivity contribution in [3.63, 3.8) is 0 Å². The van der Waals surface area contributed by atoms with E-state index >= 15 is 0 Å². The second kappa shape index (κ2) is 8.41. The molecule has 19 heavy (non-hydrogen) atoms. The van der Waals surface area contributed by atoms with Crippen LogP contribution in [0.2, 0.25) is 10.0 Å². The predicted molar refractivity (Wildman–Crippen MR) is 78.7 cm³/mol.